The molecule has 0 bridgehead atoms. The van der Waals surface area contributed by atoms with Crippen molar-refractivity contribution in [3.63, 3.8) is 0 Å². The minimum atomic E-state index is -1.76. The number of hydrogen-bond acceptors (Lipinski definition) is 3. The van der Waals surface area contributed by atoms with E-state index in [0.29, 0.717) is 0 Å². The Bertz CT molecular complexity index is 466. The first-order valence-electron chi connectivity index (χ1n) is 6.66. The smallest absolute Gasteiger partial charge is 0.312 e. The molecular formula is C15H22O3Si. The molecule has 3 nitrogen and oxygen atoms in total. The molecule has 3 atom stereocenters. The van der Waals surface area contributed by atoms with Crippen LogP contribution in [-0.2, 0) is 19.6 Å². The van der Waals surface area contributed by atoms with Crippen molar-refractivity contribution in [3.05, 3.63) is 35.9 Å². The number of esters is 1. The van der Waals surface area contributed by atoms with E-state index in [1.165, 1.54) is 7.11 Å². The number of rotatable bonds is 4. The maximum Gasteiger partial charge on any atom is 0.312 e. The number of methoxy groups -OCH3 is 1. The third kappa shape index (κ3) is 2.47. The van der Waals surface area contributed by atoms with Crippen molar-refractivity contribution in [1.29, 1.82) is 0 Å². The molecule has 1 saturated carbocycles. The van der Waals surface area contributed by atoms with Gasteiger partial charge in [-0.05, 0) is 25.2 Å². The predicted molar refractivity (Wildman–Crippen MR) is 77.2 cm³/mol. The van der Waals surface area contributed by atoms with E-state index in [-0.39, 0.29) is 17.8 Å². The quantitative estimate of drug-likeness (QED) is 0.627. The molecule has 0 aliphatic heterocycles. The van der Waals surface area contributed by atoms with Crippen LogP contribution in [0.4, 0.5) is 0 Å². The van der Waals surface area contributed by atoms with Gasteiger partial charge < -0.3 is 9.16 Å². The molecule has 0 unspecified atom stereocenters. The first-order valence-corrected chi connectivity index (χ1v) is 10.1. The van der Waals surface area contributed by atoms with E-state index < -0.39 is 13.9 Å². The molecule has 0 amide bonds. The first-order chi connectivity index (χ1) is 8.83. The first kappa shape index (κ1) is 14.3. The Labute approximate surface area is 116 Å². The van der Waals surface area contributed by atoms with Crippen LogP contribution in [0.5, 0.6) is 0 Å². The van der Waals surface area contributed by atoms with Crippen molar-refractivity contribution in [1.82, 2.24) is 0 Å². The SMILES string of the molecule is COC(=O)[C@@H]1[C@H](C)[C@]1(O[Si](C)(C)C)c1ccccc1. The van der Waals surface area contributed by atoms with Crippen molar-refractivity contribution >= 4 is 14.3 Å². The van der Waals surface area contributed by atoms with Gasteiger partial charge in [0.15, 0.2) is 8.32 Å². The van der Waals surface area contributed by atoms with Crippen LogP contribution in [0.3, 0.4) is 0 Å². The molecule has 0 spiro atoms. The predicted octanol–water partition coefficient (Wildman–Crippen LogP) is 3.17. The molecule has 2 rings (SSSR count). The van der Waals surface area contributed by atoms with E-state index in [4.69, 9.17) is 9.16 Å². The van der Waals surface area contributed by atoms with Crippen LogP contribution in [0.1, 0.15) is 12.5 Å². The fourth-order valence-corrected chi connectivity index (χ4v) is 4.34. The largest absolute Gasteiger partial charge is 0.469 e. The molecule has 0 radical (unpaired) electrons. The molecular weight excluding hydrogens is 256 g/mol. The van der Waals surface area contributed by atoms with Crippen LogP contribution in [0, 0.1) is 11.8 Å². The summed E-state index contributed by atoms with van der Waals surface area (Å²) in [6, 6.07) is 10.0. The Morgan fingerprint density at radius 2 is 1.79 bits per heavy atom. The van der Waals surface area contributed by atoms with Crippen LogP contribution in [0.15, 0.2) is 30.3 Å². The molecule has 0 heterocycles. The molecule has 19 heavy (non-hydrogen) atoms. The van der Waals surface area contributed by atoms with Crippen molar-refractivity contribution in [2.45, 2.75) is 32.2 Å². The van der Waals surface area contributed by atoms with Crippen molar-refractivity contribution in [2.75, 3.05) is 7.11 Å². The fourth-order valence-electron chi connectivity index (χ4n) is 2.90. The Kier molecular flexibility index (Phi) is 3.58. The number of carbonyl (C=O) groups is 1. The summed E-state index contributed by atoms with van der Waals surface area (Å²) >= 11 is 0. The standard InChI is InChI=1S/C15H22O3Si/c1-11-13(14(16)17-2)15(11,18-19(3,4)5)12-9-7-6-8-10-12/h6-11,13H,1-5H3/t11-,13-,15-/m0/s1. The van der Waals surface area contributed by atoms with E-state index in [2.05, 4.69) is 26.6 Å². The minimum Gasteiger partial charge on any atom is -0.469 e. The van der Waals surface area contributed by atoms with E-state index in [9.17, 15) is 4.79 Å². The highest BCUT2D eigenvalue weighted by molar-refractivity contribution is 6.69. The van der Waals surface area contributed by atoms with Gasteiger partial charge in [0.1, 0.15) is 0 Å². The highest BCUT2D eigenvalue weighted by atomic mass is 28.4. The molecule has 1 aromatic rings. The minimum absolute atomic E-state index is 0.161. The van der Waals surface area contributed by atoms with E-state index in [1.807, 2.05) is 30.3 Å². The van der Waals surface area contributed by atoms with Crippen molar-refractivity contribution in [2.24, 2.45) is 11.8 Å². The van der Waals surface area contributed by atoms with Gasteiger partial charge in [0.2, 0.25) is 0 Å². The van der Waals surface area contributed by atoms with Gasteiger partial charge in [-0.1, -0.05) is 37.3 Å². The maximum atomic E-state index is 12.0. The van der Waals surface area contributed by atoms with Gasteiger partial charge in [0, 0.05) is 5.92 Å². The summed E-state index contributed by atoms with van der Waals surface area (Å²) < 4.78 is 11.3. The summed E-state index contributed by atoms with van der Waals surface area (Å²) in [7, 11) is -0.321. The van der Waals surface area contributed by atoms with Crippen LogP contribution in [0.25, 0.3) is 0 Å². The molecule has 1 fully saturated rings. The van der Waals surface area contributed by atoms with E-state index in [1.54, 1.807) is 0 Å². The lowest BCUT2D eigenvalue weighted by atomic mass is 10.0. The molecule has 1 aromatic carbocycles. The van der Waals surface area contributed by atoms with Crippen LogP contribution in [-0.4, -0.2) is 21.4 Å². The van der Waals surface area contributed by atoms with Gasteiger partial charge in [0.05, 0.1) is 18.6 Å². The molecule has 4 heteroatoms. The Hall–Kier alpha value is -1.13. The Balaban J connectivity index is 2.40. The number of carbonyl (C=O) groups excluding carboxylic acids is 1. The fraction of sp³-hybridized carbons (Fsp3) is 0.533. The lowest BCUT2D eigenvalue weighted by Gasteiger charge is -2.28. The second-order valence-electron chi connectivity index (χ2n) is 6.16. The molecule has 0 N–H and O–H groups in total. The summed E-state index contributed by atoms with van der Waals surface area (Å²) in [5, 5.41) is 0. The number of ether oxygens (including phenoxy) is 1. The Morgan fingerprint density at radius 1 is 1.21 bits per heavy atom. The third-order valence-electron chi connectivity index (χ3n) is 3.68. The second-order valence-corrected chi connectivity index (χ2v) is 10.6. The normalized spacial score (nSPS) is 29.9. The lowest BCUT2D eigenvalue weighted by Crippen LogP contribution is -2.35. The molecule has 0 saturated heterocycles. The molecule has 1 aliphatic carbocycles. The third-order valence-corrected chi connectivity index (χ3v) is 4.63. The molecule has 104 valence electrons. The van der Waals surface area contributed by atoms with Gasteiger partial charge in [0.25, 0.3) is 0 Å². The highest BCUT2D eigenvalue weighted by Gasteiger charge is 2.69. The average Bonchev–Trinajstić information content (AvgIpc) is 2.93. The van der Waals surface area contributed by atoms with Gasteiger partial charge in [-0.2, -0.15) is 0 Å². The average molecular weight is 278 g/mol. The zero-order chi connectivity index (χ0) is 14.3. The maximum absolute atomic E-state index is 12.0. The van der Waals surface area contributed by atoms with E-state index in [0.717, 1.165) is 5.56 Å². The van der Waals surface area contributed by atoms with Crippen LogP contribution in [0.2, 0.25) is 19.6 Å². The van der Waals surface area contributed by atoms with Crippen molar-refractivity contribution < 1.29 is 14.0 Å². The Morgan fingerprint density at radius 3 is 2.26 bits per heavy atom. The summed E-state index contributed by atoms with van der Waals surface area (Å²) in [5.41, 5.74) is 0.596. The summed E-state index contributed by atoms with van der Waals surface area (Å²) in [6.07, 6.45) is 0. The molecule has 0 aromatic heterocycles. The summed E-state index contributed by atoms with van der Waals surface area (Å²) in [4.78, 5) is 12.0. The zero-order valence-electron chi connectivity index (χ0n) is 12.3. The number of benzene rings is 1. The second kappa shape index (κ2) is 4.76. The highest BCUT2D eigenvalue weighted by Crippen LogP contribution is 2.62. The monoisotopic (exact) mass is 278 g/mol. The summed E-state index contributed by atoms with van der Waals surface area (Å²) in [6.45, 7) is 8.51. The van der Waals surface area contributed by atoms with Crippen LogP contribution < -0.4 is 0 Å². The van der Waals surface area contributed by atoms with Crippen LogP contribution >= 0.6 is 0 Å². The molecule has 1 aliphatic rings. The van der Waals surface area contributed by atoms with E-state index >= 15 is 0 Å². The van der Waals surface area contributed by atoms with Gasteiger partial charge in [-0.15, -0.1) is 0 Å². The number of hydrogen-bond donors (Lipinski definition) is 0. The van der Waals surface area contributed by atoms with Gasteiger partial charge >= 0.3 is 5.97 Å². The summed E-state index contributed by atoms with van der Waals surface area (Å²) in [5.74, 6) is -0.199. The zero-order valence-corrected chi connectivity index (χ0v) is 13.3. The van der Waals surface area contributed by atoms with Gasteiger partial charge in [-0.25, -0.2) is 0 Å². The topological polar surface area (TPSA) is 35.5 Å². The van der Waals surface area contributed by atoms with Gasteiger partial charge in [-0.3, -0.25) is 4.79 Å². The van der Waals surface area contributed by atoms with Crippen molar-refractivity contribution in [3.8, 4) is 0 Å². The lowest BCUT2D eigenvalue weighted by molar-refractivity contribution is -0.144.